The third-order valence-corrected chi connectivity index (χ3v) is 4.15. The van der Waals surface area contributed by atoms with E-state index in [0.717, 1.165) is 11.8 Å². The molecule has 1 aliphatic heterocycles. The first kappa shape index (κ1) is 8.83. The van der Waals surface area contributed by atoms with Crippen LogP contribution in [0.5, 0.6) is 0 Å². The lowest BCUT2D eigenvalue weighted by Gasteiger charge is -2.35. The topological polar surface area (TPSA) is 12.0 Å². The van der Waals surface area contributed by atoms with Crippen molar-refractivity contribution >= 4 is 11.6 Å². The number of hydrogen-bond acceptors (Lipinski definition) is 1. The lowest BCUT2D eigenvalue weighted by atomic mass is 9.70. The van der Waals surface area contributed by atoms with Crippen molar-refractivity contribution in [1.29, 1.82) is 0 Å². The minimum atomic E-state index is 0.683. The first-order valence-corrected chi connectivity index (χ1v) is 5.65. The van der Waals surface area contributed by atoms with Gasteiger partial charge in [0.05, 0.1) is 0 Å². The van der Waals surface area contributed by atoms with Crippen molar-refractivity contribution in [2.24, 2.45) is 11.3 Å². The van der Waals surface area contributed by atoms with Crippen LogP contribution >= 0.6 is 11.6 Å². The molecule has 0 amide bonds. The third-order valence-electron chi connectivity index (χ3n) is 3.72. The maximum Gasteiger partial charge on any atom is 0.0251 e. The van der Waals surface area contributed by atoms with Crippen LogP contribution in [-0.4, -0.2) is 19.0 Å². The van der Waals surface area contributed by atoms with E-state index in [9.17, 15) is 0 Å². The predicted molar refractivity (Wildman–Crippen MR) is 52.6 cm³/mol. The minimum absolute atomic E-state index is 0.683. The molecule has 1 aliphatic carbocycles. The molecule has 0 radical (unpaired) electrons. The average Bonchev–Trinajstić information content (AvgIpc) is 2.55. The Balaban J connectivity index is 1.88. The molecule has 1 heterocycles. The largest absolute Gasteiger partial charge is 0.316 e. The van der Waals surface area contributed by atoms with Crippen LogP contribution in [0.15, 0.2) is 0 Å². The summed E-state index contributed by atoms with van der Waals surface area (Å²) >= 11 is 5.86. The molecule has 0 atom stereocenters. The Hall–Kier alpha value is 0.250. The number of rotatable bonds is 1. The molecule has 0 aromatic heterocycles. The fraction of sp³-hybridized carbons (Fsp3) is 1.00. The van der Waals surface area contributed by atoms with Gasteiger partial charge >= 0.3 is 0 Å². The summed E-state index contributed by atoms with van der Waals surface area (Å²) in [5, 5.41) is 3.48. The summed E-state index contributed by atoms with van der Waals surface area (Å²) in [4.78, 5) is 0. The predicted octanol–water partition coefficient (Wildman–Crippen LogP) is 2.40. The second kappa shape index (κ2) is 3.55. The molecule has 0 aromatic carbocycles. The monoisotopic (exact) mass is 187 g/mol. The van der Waals surface area contributed by atoms with Crippen LogP contribution in [0.4, 0.5) is 0 Å². The van der Waals surface area contributed by atoms with E-state index < -0.39 is 0 Å². The molecule has 1 nitrogen and oxygen atoms in total. The Kier molecular flexibility index (Phi) is 2.61. The highest BCUT2D eigenvalue weighted by Crippen LogP contribution is 2.43. The molecule has 1 N–H and O–H groups in total. The van der Waals surface area contributed by atoms with Gasteiger partial charge in [0.15, 0.2) is 0 Å². The van der Waals surface area contributed by atoms with Crippen molar-refractivity contribution in [3.63, 3.8) is 0 Å². The van der Waals surface area contributed by atoms with Crippen molar-refractivity contribution in [2.45, 2.75) is 32.1 Å². The lowest BCUT2D eigenvalue weighted by molar-refractivity contribution is 0.180. The molecule has 0 bridgehead atoms. The summed E-state index contributed by atoms with van der Waals surface area (Å²) in [6, 6.07) is 0. The van der Waals surface area contributed by atoms with Crippen molar-refractivity contribution in [3.8, 4) is 0 Å². The quantitative estimate of drug-likeness (QED) is 0.622. The van der Waals surface area contributed by atoms with Crippen LogP contribution in [0, 0.1) is 11.3 Å². The maximum absolute atomic E-state index is 5.86. The van der Waals surface area contributed by atoms with Gasteiger partial charge in [0.1, 0.15) is 0 Å². The van der Waals surface area contributed by atoms with E-state index in [0.29, 0.717) is 5.41 Å². The SMILES string of the molecule is ClCC1CCC2(CCNC2)CC1. The summed E-state index contributed by atoms with van der Waals surface area (Å²) < 4.78 is 0. The smallest absolute Gasteiger partial charge is 0.0251 e. The standard InChI is InChI=1S/C10H18ClN/c11-7-9-1-3-10(4-2-9)5-6-12-8-10/h9,12H,1-8H2. The third kappa shape index (κ3) is 1.62. The van der Waals surface area contributed by atoms with Gasteiger partial charge in [-0.1, -0.05) is 0 Å². The molecule has 1 saturated heterocycles. The van der Waals surface area contributed by atoms with E-state index in [4.69, 9.17) is 11.6 Å². The van der Waals surface area contributed by atoms with Crippen LogP contribution in [0.25, 0.3) is 0 Å². The van der Waals surface area contributed by atoms with Crippen molar-refractivity contribution < 1.29 is 0 Å². The molecule has 0 aromatic rings. The van der Waals surface area contributed by atoms with Crippen LogP contribution in [0.2, 0.25) is 0 Å². The fourth-order valence-corrected chi connectivity index (χ4v) is 2.98. The molecule has 70 valence electrons. The zero-order valence-electron chi connectivity index (χ0n) is 7.61. The van der Waals surface area contributed by atoms with E-state index in [1.807, 2.05) is 0 Å². The highest BCUT2D eigenvalue weighted by Gasteiger charge is 2.37. The van der Waals surface area contributed by atoms with Crippen molar-refractivity contribution in [2.75, 3.05) is 19.0 Å². The van der Waals surface area contributed by atoms with E-state index in [2.05, 4.69) is 5.32 Å². The second-order valence-corrected chi connectivity index (χ2v) is 4.83. The molecule has 2 fully saturated rings. The first-order valence-electron chi connectivity index (χ1n) is 5.11. The van der Waals surface area contributed by atoms with Gasteiger partial charge in [-0.05, 0) is 50.0 Å². The number of halogens is 1. The fourth-order valence-electron chi connectivity index (χ4n) is 2.67. The Morgan fingerprint density at radius 1 is 1.25 bits per heavy atom. The average molecular weight is 188 g/mol. The molecule has 2 aliphatic rings. The summed E-state index contributed by atoms with van der Waals surface area (Å²) in [6.07, 6.45) is 6.97. The highest BCUT2D eigenvalue weighted by molar-refractivity contribution is 6.18. The Bertz CT molecular complexity index is 142. The van der Waals surface area contributed by atoms with Gasteiger partial charge in [0.25, 0.3) is 0 Å². The second-order valence-electron chi connectivity index (χ2n) is 4.52. The summed E-state index contributed by atoms with van der Waals surface area (Å²) in [5.41, 5.74) is 0.683. The molecule has 2 rings (SSSR count). The molecule has 0 unspecified atom stereocenters. The Morgan fingerprint density at radius 2 is 2.00 bits per heavy atom. The zero-order chi connectivity index (χ0) is 8.44. The van der Waals surface area contributed by atoms with E-state index in [1.54, 1.807) is 0 Å². The van der Waals surface area contributed by atoms with Gasteiger partial charge in [-0.3, -0.25) is 0 Å². The summed E-state index contributed by atoms with van der Waals surface area (Å²) in [7, 11) is 0. The van der Waals surface area contributed by atoms with Gasteiger partial charge in [0, 0.05) is 12.4 Å². The highest BCUT2D eigenvalue weighted by atomic mass is 35.5. The minimum Gasteiger partial charge on any atom is -0.316 e. The van der Waals surface area contributed by atoms with Gasteiger partial charge in [-0.2, -0.15) is 0 Å². The van der Waals surface area contributed by atoms with Crippen LogP contribution in [0.1, 0.15) is 32.1 Å². The molecular weight excluding hydrogens is 170 g/mol. The van der Waals surface area contributed by atoms with Crippen molar-refractivity contribution in [1.82, 2.24) is 5.32 Å². The molecular formula is C10H18ClN. The van der Waals surface area contributed by atoms with Gasteiger partial charge in [-0.15, -0.1) is 11.6 Å². The number of hydrogen-bond donors (Lipinski definition) is 1. The zero-order valence-corrected chi connectivity index (χ0v) is 8.37. The molecule has 12 heavy (non-hydrogen) atoms. The van der Waals surface area contributed by atoms with E-state index >= 15 is 0 Å². The van der Waals surface area contributed by atoms with Crippen LogP contribution in [0.3, 0.4) is 0 Å². The van der Waals surface area contributed by atoms with E-state index in [1.165, 1.54) is 45.2 Å². The number of nitrogens with one attached hydrogen (secondary N) is 1. The molecule has 1 spiro atoms. The maximum atomic E-state index is 5.86. The van der Waals surface area contributed by atoms with Gasteiger partial charge in [0.2, 0.25) is 0 Å². The molecule has 2 heteroatoms. The summed E-state index contributed by atoms with van der Waals surface area (Å²) in [6.45, 7) is 2.51. The Morgan fingerprint density at radius 3 is 2.50 bits per heavy atom. The molecule has 1 saturated carbocycles. The lowest BCUT2D eigenvalue weighted by Crippen LogP contribution is -2.30. The van der Waals surface area contributed by atoms with Crippen molar-refractivity contribution in [3.05, 3.63) is 0 Å². The Labute approximate surface area is 79.9 Å². The van der Waals surface area contributed by atoms with Gasteiger partial charge < -0.3 is 5.32 Å². The van der Waals surface area contributed by atoms with E-state index in [-0.39, 0.29) is 0 Å². The summed E-state index contributed by atoms with van der Waals surface area (Å²) in [5.74, 6) is 1.70. The van der Waals surface area contributed by atoms with Crippen LogP contribution < -0.4 is 5.32 Å². The van der Waals surface area contributed by atoms with Crippen LogP contribution in [-0.2, 0) is 0 Å². The number of alkyl halides is 1. The van der Waals surface area contributed by atoms with Gasteiger partial charge in [-0.25, -0.2) is 0 Å². The normalized spacial score (nSPS) is 42.2. The first-order chi connectivity index (χ1) is 5.85.